The van der Waals surface area contributed by atoms with E-state index in [9.17, 15) is 23.6 Å². The van der Waals surface area contributed by atoms with E-state index in [1.54, 1.807) is 29.2 Å². The number of carbonyl (C=O) groups excluding carboxylic acids is 4. The van der Waals surface area contributed by atoms with Crippen molar-refractivity contribution in [2.24, 2.45) is 0 Å². The van der Waals surface area contributed by atoms with E-state index in [4.69, 9.17) is 4.74 Å². The van der Waals surface area contributed by atoms with Gasteiger partial charge in [0.05, 0.1) is 6.04 Å². The largest absolute Gasteiger partial charge is 0.427 e. The monoisotopic (exact) mass is 536 g/mol. The van der Waals surface area contributed by atoms with Crippen LogP contribution in [0.4, 0.5) is 19.7 Å². The fourth-order valence-corrected chi connectivity index (χ4v) is 6.20. The van der Waals surface area contributed by atoms with Crippen molar-refractivity contribution >= 4 is 29.6 Å². The Labute approximate surface area is 226 Å². The van der Waals surface area contributed by atoms with E-state index in [1.807, 2.05) is 20.8 Å². The number of likely N-dealkylation sites (tertiary alicyclic amines) is 1. The number of halogens is 1. The normalized spacial score (nSPS) is 23.9. The SMILES string of the molecule is CNC(=O)Nc1ccc2c(c1)CCC21OC(=O)N(CC(=O)N2[C@@H](c3ccc(F)cc3C(C)C)CC[C@@H]2C)C1=O. The lowest BCUT2D eigenvalue weighted by Crippen LogP contribution is -2.46. The lowest BCUT2D eigenvalue weighted by atomic mass is 9.91. The second-order valence-electron chi connectivity index (χ2n) is 10.8. The van der Waals surface area contributed by atoms with Crippen molar-refractivity contribution in [3.05, 3.63) is 64.5 Å². The van der Waals surface area contributed by atoms with Crippen molar-refractivity contribution in [3.8, 4) is 0 Å². The van der Waals surface area contributed by atoms with Crippen molar-refractivity contribution in [3.63, 3.8) is 0 Å². The van der Waals surface area contributed by atoms with E-state index in [0.717, 1.165) is 28.0 Å². The third-order valence-corrected chi connectivity index (χ3v) is 8.12. The molecule has 0 aromatic heterocycles. The summed E-state index contributed by atoms with van der Waals surface area (Å²) in [5.41, 5.74) is 2.18. The van der Waals surface area contributed by atoms with Gasteiger partial charge in [-0.1, -0.05) is 26.0 Å². The Kier molecular flexibility index (Phi) is 6.82. The molecule has 9 nitrogen and oxygen atoms in total. The third-order valence-electron chi connectivity index (χ3n) is 8.12. The number of benzene rings is 2. The molecule has 2 fully saturated rings. The molecule has 2 aromatic carbocycles. The molecule has 0 bridgehead atoms. The number of ether oxygens (including phenoxy) is 1. The summed E-state index contributed by atoms with van der Waals surface area (Å²) < 4.78 is 19.7. The fraction of sp³-hybridized carbons (Fsp3) is 0.448. The van der Waals surface area contributed by atoms with Gasteiger partial charge in [-0.3, -0.25) is 9.59 Å². The van der Waals surface area contributed by atoms with Crippen LogP contribution in [0.25, 0.3) is 0 Å². The smallest absolute Gasteiger partial charge is 0.418 e. The summed E-state index contributed by atoms with van der Waals surface area (Å²) in [6.07, 6.45) is 1.36. The number of rotatable bonds is 5. The summed E-state index contributed by atoms with van der Waals surface area (Å²) in [7, 11) is 1.51. The van der Waals surface area contributed by atoms with E-state index >= 15 is 0 Å². The number of hydrogen-bond acceptors (Lipinski definition) is 5. The number of hydrogen-bond donors (Lipinski definition) is 2. The van der Waals surface area contributed by atoms with E-state index in [0.29, 0.717) is 24.1 Å². The van der Waals surface area contributed by atoms with Gasteiger partial charge in [0.25, 0.3) is 5.91 Å². The van der Waals surface area contributed by atoms with Crippen LogP contribution in [0, 0.1) is 5.82 Å². The van der Waals surface area contributed by atoms with Gasteiger partial charge in [0, 0.05) is 30.8 Å². The molecule has 10 heteroatoms. The maximum atomic E-state index is 14.0. The molecular weight excluding hydrogens is 503 g/mol. The Hall–Kier alpha value is -3.95. The number of amides is 5. The van der Waals surface area contributed by atoms with Crippen LogP contribution in [0.3, 0.4) is 0 Å². The van der Waals surface area contributed by atoms with E-state index in [-0.39, 0.29) is 42.2 Å². The zero-order valence-corrected chi connectivity index (χ0v) is 22.5. The summed E-state index contributed by atoms with van der Waals surface area (Å²) in [6.45, 7) is 5.49. The molecule has 206 valence electrons. The molecule has 5 amide bonds. The van der Waals surface area contributed by atoms with E-state index in [1.165, 1.54) is 19.2 Å². The standard InChI is InChI=1S/C29H33FN4O5/c1-16(2)22-14-19(30)6-8-21(22)24-10-5-17(3)34(24)25(35)15-33-26(36)29(39-28(33)38)12-11-18-13-20(7-9-23(18)29)32-27(37)31-4/h6-9,13-14,16-17,24H,5,10-12,15H2,1-4H3,(H2,31,32,37)/t17-,24+,29?/m0/s1. The molecule has 5 rings (SSSR count). The first-order chi connectivity index (χ1) is 18.6. The Bertz CT molecular complexity index is 1360. The van der Waals surface area contributed by atoms with Gasteiger partial charge in [-0.15, -0.1) is 0 Å². The molecule has 0 radical (unpaired) electrons. The van der Waals surface area contributed by atoms with Gasteiger partial charge in [-0.05, 0) is 73.1 Å². The first-order valence-electron chi connectivity index (χ1n) is 13.3. The summed E-state index contributed by atoms with van der Waals surface area (Å²) >= 11 is 0. The van der Waals surface area contributed by atoms with Gasteiger partial charge in [0.1, 0.15) is 12.4 Å². The average Bonchev–Trinajstić information content (AvgIpc) is 3.53. The van der Waals surface area contributed by atoms with Gasteiger partial charge in [-0.2, -0.15) is 0 Å². The van der Waals surface area contributed by atoms with Crippen molar-refractivity contribution in [1.29, 1.82) is 0 Å². The third kappa shape index (κ3) is 4.51. The lowest BCUT2D eigenvalue weighted by Gasteiger charge is -2.31. The van der Waals surface area contributed by atoms with Gasteiger partial charge < -0.3 is 20.3 Å². The van der Waals surface area contributed by atoms with Crippen LogP contribution in [0.5, 0.6) is 0 Å². The number of nitrogens with zero attached hydrogens (tertiary/aromatic N) is 2. The van der Waals surface area contributed by atoms with Crippen LogP contribution in [0.2, 0.25) is 0 Å². The molecule has 2 heterocycles. The highest BCUT2D eigenvalue weighted by molar-refractivity contribution is 6.06. The topological polar surface area (TPSA) is 108 Å². The lowest BCUT2D eigenvalue weighted by molar-refractivity contribution is -0.143. The van der Waals surface area contributed by atoms with Crippen molar-refractivity contribution in [2.45, 2.75) is 70.1 Å². The van der Waals surface area contributed by atoms with Crippen molar-refractivity contribution in [1.82, 2.24) is 15.1 Å². The second-order valence-corrected chi connectivity index (χ2v) is 10.8. The Morgan fingerprint density at radius 3 is 2.64 bits per heavy atom. The van der Waals surface area contributed by atoms with Crippen LogP contribution < -0.4 is 10.6 Å². The quantitative estimate of drug-likeness (QED) is 0.582. The van der Waals surface area contributed by atoms with Gasteiger partial charge >= 0.3 is 12.1 Å². The maximum Gasteiger partial charge on any atom is 0.418 e. The molecule has 2 aromatic rings. The second kappa shape index (κ2) is 9.98. The molecule has 3 aliphatic rings. The molecule has 39 heavy (non-hydrogen) atoms. The molecule has 2 N–H and O–H groups in total. The number of nitrogens with one attached hydrogen (secondary N) is 2. The van der Waals surface area contributed by atoms with Crippen LogP contribution >= 0.6 is 0 Å². The average molecular weight is 537 g/mol. The molecule has 1 unspecified atom stereocenters. The fourth-order valence-electron chi connectivity index (χ4n) is 6.20. The molecule has 2 aliphatic heterocycles. The molecular formula is C29H33FN4O5. The first kappa shape index (κ1) is 26.6. The minimum atomic E-state index is -1.48. The summed E-state index contributed by atoms with van der Waals surface area (Å²) in [5, 5.41) is 5.18. The van der Waals surface area contributed by atoms with Crippen LogP contribution in [0.1, 0.15) is 74.2 Å². The van der Waals surface area contributed by atoms with Gasteiger partial charge in [-0.25, -0.2) is 18.9 Å². The number of urea groups is 1. The molecule has 2 saturated heterocycles. The van der Waals surface area contributed by atoms with Crippen LogP contribution in [-0.4, -0.2) is 53.4 Å². The van der Waals surface area contributed by atoms with Crippen LogP contribution in [-0.2, 0) is 26.3 Å². The highest BCUT2D eigenvalue weighted by atomic mass is 19.1. The predicted octanol–water partition coefficient (Wildman–Crippen LogP) is 4.57. The number of carbonyl (C=O) groups is 4. The van der Waals surface area contributed by atoms with Crippen molar-refractivity contribution < 1.29 is 28.3 Å². The Balaban J connectivity index is 1.38. The molecule has 1 spiro atoms. The minimum absolute atomic E-state index is 0.0630. The van der Waals surface area contributed by atoms with E-state index < -0.39 is 24.1 Å². The van der Waals surface area contributed by atoms with Gasteiger partial charge in [0.2, 0.25) is 11.5 Å². The van der Waals surface area contributed by atoms with E-state index in [2.05, 4.69) is 10.6 Å². The predicted molar refractivity (Wildman–Crippen MR) is 141 cm³/mol. The molecule has 1 aliphatic carbocycles. The van der Waals surface area contributed by atoms with Gasteiger partial charge in [0.15, 0.2) is 0 Å². The zero-order valence-electron chi connectivity index (χ0n) is 22.5. The molecule has 0 saturated carbocycles. The number of anilines is 1. The Morgan fingerprint density at radius 1 is 1.15 bits per heavy atom. The summed E-state index contributed by atoms with van der Waals surface area (Å²) in [4.78, 5) is 54.6. The maximum absolute atomic E-state index is 14.0. The molecule has 3 atom stereocenters. The summed E-state index contributed by atoms with van der Waals surface area (Å²) in [5.74, 6) is -1.17. The number of aryl methyl sites for hydroxylation is 1. The van der Waals surface area contributed by atoms with Crippen LogP contribution in [0.15, 0.2) is 36.4 Å². The summed E-state index contributed by atoms with van der Waals surface area (Å²) in [6, 6.07) is 9.02. The Morgan fingerprint density at radius 2 is 1.92 bits per heavy atom. The zero-order chi connectivity index (χ0) is 28.1. The highest BCUT2D eigenvalue weighted by Crippen LogP contribution is 2.46. The number of fused-ring (bicyclic) bond motifs is 2. The number of imide groups is 1. The first-order valence-corrected chi connectivity index (χ1v) is 13.3. The minimum Gasteiger partial charge on any atom is -0.427 e. The van der Waals surface area contributed by atoms with Crippen molar-refractivity contribution in [2.75, 3.05) is 18.9 Å². The highest BCUT2D eigenvalue weighted by Gasteiger charge is 2.58.